The Hall–Kier alpha value is -2.57. The highest BCUT2D eigenvalue weighted by Gasteiger charge is 2.26. The Morgan fingerprint density at radius 2 is 1.81 bits per heavy atom. The van der Waals surface area contributed by atoms with Crippen molar-refractivity contribution >= 4 is 23.5 Å². The number of nitrogens with one attached hydrogen (secondary N) is 1. The molecule has 0 atom stereocenters. The smallest absolute Gasteiger partial charge is 0.317 e. The zero-order valence-corrected chi connectivity index (χ0v) is 15.5. The Balaban J connectivity index is 1.53. The first-order chi connectivity index (χ1) is 12.5. The normalized spacial score (nSPS) is 16.7. The lowest BCUT2D eigenvalue weighted by molar-refractivity contribution is -0.131. The second-order valence-corrected chi connectivity index (χ2v) is 6.87. The van der Waals surface area contributed by atoms with Gasteiger partial charge in [0.25, 0.3) is 0 Å². The highest BCUT2D eigenvalue weighted by Crippen LogP contribution is 2.28. The Kier molecular flexibility index (Phi) is 5.44. The third kappa shape index (κ3) is 3.81. The Morgan fingerprint density at radius 3 is 2.50 bits per heavy atom. The molecule has 2 heterocycles. The number of rotatable bonds is 4. The van der Waals surface area contributed by atoms with Crippen LogP contribution < -0.4 is 10.2 Å². The number of benzene rings is 1. The van der Waals surface area contributed by atoms with E-state index in [4.69, 9.17) is 0 Å². The van der Waals surface area contributed by atoms with Gasteiger partial charge in [0.05, 0.1) is 12.8 Å². The summed E-state index contributed by atoms with van der Waals surface area (Å²) in [7, 11) is 1.77. The molecule has 140 valence electrons. The molecule has 0 unspecified atom stereocenters. The first kappa shape index (κ1) is 18.2. The van der Waals surface area contributed by atoms with Gasteiger partial charge in [0.1, 0.15) is 0 Å². The van der Waals surface area contributed by atoms with E-state index < -0.39 is 0 Å². The van der Waals surface area contributed by atoms with E-state index in [1.54, 1.807) is 16.8 Å². The van der Waals surface area contributed by atoms with Crippen LogP contribution in [0.1, 0.15) is 24.5 Å². The summed E-state index contributed by atoms with van der Waals surface area (Å²) in [6.45, 7) is 4.93. The van der Waals surface area contributed by atoms with Crippen molar-refractivity contribution in [2.75, 3.05) is 44.7 Å². The predicted octanol–water partition coefficient (Wildman–Crippen LogP) is 1.01. The average Bonchev–Trinajstić information content (AvgIpc) is 2.93. The number of fused-ring (bicyclic) bond motifs is 1. The Labute approximate surface area is 153 Å². The van der Waals surface area contributed by atoms with Gasteiger partial charge in [-0.1, -0.05) is 19.1 Å². The van der Waals surface area contributed by atoms with Crippen LogP contribution in [0, 0.1) is 0 Å². The number of piperazine rings is 1. The van der Waals surface area contributed by atoms with Crippen LogP contribution in [0.3, 0.4) is 0 Å². The van der Waals surface area contributed by atoms with E-state index >= 15 is 0 Å². The molecule has 1 aromatic rings. The number of hydrogen-bond donors (Lipinski definition) is 1. The van der Waals surface area contributed by atoms with Gasteiger partial charge in [-0.3, -0.25) is 9.59 Å². The van der Waals surface area contributed by atoms with Crippen molar-refractivity contribution in [2.24, 2.45) is 0 Å². The minimum atomic E-state index is -0.0497. The van der Waals surface area contributed by atoms with Crippen LogP contribution in [-0.4, -0.2) is 67.4 Å². The minimum Gasteiger partial charge on any atom is -0.339 e. The molecule has 1 saturated heterocycles. The maximum Gasteiger partial charge on any atom is 0.317 e. The number of likely N-dealkylation sites (N-methyl/N-ethyl adjacent to an activating group) is 1. The van der Waals surface area contributed by atoms with E-state index in [9.17, 15) is 14.4 Å². The molecule has 0 aromatic heterocycles. The van der Waals surface area contributed by atoms with E-state index in [2.05, 4.69) is 5.32 Å². The quantitative estimate of drug-likeness (QED) is 0.873. The molecule has 26 heavy (non-hydrogen) atoms. The number of urea groups is 1. The van der Waals surface area contributed by atoms with Gasteiger partial charge in [0.15, 0.2) is 0 Å². The number of amides is 4. The molecular formula is C19H26N4O3. The van der Waals surface area contributed by atoms with Gasteiger partial charge >= 0.3 is 6.03 Å². The van der Waals surface area contributed by atoms with Crippen LogP contribution in [0.25, 0.3) is 0 Å². The highest BCUT2D eigenvalue weighted by atomic mass is 16.2. The molecule has 1 fully saturated rings. The summed E-state index contributed by atoms with van der Waals surface area (Å²) in [5.41, 5.74) is 2.85. The monoisotopic (exact) mass is 358 g/mol. The summed E-state index contributed by atoms with van der Waals surface area (Å²) >= 11 is 0. The second-order valence-electron chi connectivity index (χ2n) is 6.87. The van der Waals surface area contributed by atoms with Gasteiger partial charge in [-0.2, -0.15) is 0 Å². The summed E-state index contributed by atoms with van der Waals surface area (Å²) in [4.78, 5) is 41.5. The van der Waals surface area contributed by atoms with Crippen LogP contribution in [-0.2, 0) is 22.4 Å². The van der Waals surface area contributed by atoms with E-state index in [-0.39, 0.29) is 17.8 Å². The predicted molar refractivity (Wildman–Crippen MR) is 99.1 cm³/mol. The van der Waals surface area contributed by atoms with E-state index in [1.165, 1.54) is 0 Å². The average molecular weight is 358 g/mol. The lowest BCUT2D eigenvalue weighted by atomic mass is 10.1. The molecule has 3 rings (SSSR count). The lowest BCUT2D eigenvalue weighted by Gasteiger charge is -2.34. The van der Waals surface area contributed by atoms with E-state index in [0.29, 0.717) is 45.6 Å². The molecule has 0 radical (unpaired) electrons. The molecule has 0 aliphatic carbocycles. The molecule has 1 aromatic carbocycles. The molecule has 2 aliphatic heterocycles. The molecule has 7 nitrogen and oxygen atoms in total. The SMILES string of the molecule is CCCNC(=O)N1CCN(C(=O)Cc2ccc3c(c2)CC(=O)N3C)CC1. The van der Waals surface area contributed by atoms with Crippen LogP contribution in [0.4, 0.5) is 10.5 Å². The van der Waals surface area contributed by atoms with E-state index in [1.807, 2.05) is 30.0 Å². The van der Waals surface area contributed by atoms with Crippen molar-refractivity contribution in [1.82, 2.24) is 15.1 Å². The third-order valence-electron chi connectivity index (χ3n) is 5.02. The number of carbonyl (C=O) groups is 3. The summed E-state index contributed by atoms with van der Waals surface area (Å²) in [5.74, 6) is 0.150. The molecule has 0 saturated carbocycles. The maximum absolute atomic E-state index is 12.6. The molecular weight excluding hydrogens is 332 g/mol. The van der Waals surface area contributed by atoms with E-state index in [0.717, 1.165) is 23.2 Å². The number of carbonyl (C=O) groups excluding carboxylic acids is 3. The van der Waals surface area contributed by atoms with Crippen molar-refractivity contribution in [1.29, 1.82) is 0 Å². The van der Waals surface area contributed by atoms with Gasteiger partial charge in [0.2, 0.25) is 11.8 Å². The standard InChI is InChI=1S/C19H26N4O3/c1-3-6-20-19(26)23-9-7-22(8-10-23)18(25)12-14-4-5-16-15(11-14)13-17(24)21(16)2/h4-5,11H,3,6-10,12-13H2,1-2H3,(H,20,26). The number of anilines is 1. The summed E-state index contributed by atoms with van der Waals surface area (Å²) in [5, 5.41) is 2.87. The van der Waals surface area contributed by atoms with Gasteiger partial charge < -0.3 is 20.0 Å². The van der Waals surface area contributed by atoms with Crippen LogP contribution in [0.2, 0.25) is 0 Å². The maximum atomic E-state index is 12.6. The highest BCUT2D eigenvalue weighted by molar-refractivity contribution is 6.01. The minimum absolute atomic E-state index is 0.0497. The van der Waals surface area contributed by atoms with Crippen molar-refractivity contribution < 1.29 is 14.4 Å². The van der Waals surface area contributed by atoms with Crippen molar-refractivity contribution in [3.63, 3.8) is 0 Å². The molecule has 0 spiro atoms. The molecule has 0 bridgehead atoms. The fraction of sp³-hybridized carbons (Fsp3) is 0.526. The topological polar surface area (TPSA) is 73.0 Å². The molecule has 2 aliphatic rings. The fourth-order valence-electron chi connectivity index (χ4n) is 3.42. The molecule has 1 N–H and O–H groups in total. The van der Waals surface area contributed by atoms with Crippen molar-refractivity contribution in [2.45, 2.75) is 26.2 Å². The van der Waals surface area contributed by atoms with Gasteiger partial charge in [-0.25, -0.2) is 4.79 Å². The zero-order chi connectivity index (χ0) is 18.7. The van der Waals surface area contributed by atoms with Gasteiger partial charge in [-0.15, -0.1) is 0 Å². The lowest BCUT2D eigenvalue weighted by Crippen LogP contribution is -2.53. The molecule has 7 heteroatoms. The van der Waals surface area contributed by atoms with Gasteiger partial charge in [0, 0.05) is 45.5 Å². The molecule has 4 amide bonds. The number of nitrogens with zero attached hydrogens (tertiary/aromatic N) is 3. The third-order valence-corrected chi connectivity index (χ3v) is 5.02. The Bertz CT molecular complexity index is 711. The summed E-state index contributed by atoms with van der Waals surface area (Å²) in [6, 6.07) is 5.74. The largest absolute Gasteiger partial charge is 0.339 e. The van der Waals surface area contributed by atoms with Crippen LogP contribution in [0.5, 0.6) is 0 Å². The van der Waals surface area contributed by atoms with Crippen molar-refractivity contribution in [3.8, 4) is 0 Å². The summed E-state index contributed by atoms with van der Waals surface area (Å²) in [6.07, 6.45) is 1.64. The summed E-state index contributed by atoms with van der Waals surface area (Å²) < 4.78 is 0. The first-order valence-corrected chi connectivity index (χ1v) is 9.18. The second kappa shape index (κ2) is 7.76. The zero-order valence-electron chi connectivity index (χ0n) is 15.5. The number of hydrogen-bond acceptors (Lipinski definition) is 3. The fourth-order valence-corrected chi connectivity index (χ4v) is 3.42. The van der Waals surface area contributed by atoms with Crippen LogP contribution >= 0.6 is 0 Å². The first-order valence-electron chi connectivity index (χ1n) is 9.18. The van der Waals surface area contributed by atoms with Crippen LogP contribution in [0.15, 0.2) is 18.2 Å². The Morgan fingerprint density at radius 1 is 1.12 bits per heavy atom. The van der Waals surface area contributed by atoms with Crippen molar-refractivity contribution in [3.05, 3.63) is 29.3 Å². The van der Waals surface area contributed by atoms with Gasteiger partial charge in [-0.05, 0) is 23.6 Å².